The predicted octanol–water partition coefficient (Wildman–Crippen LogP) is 5.03. The van der Waals surface area contributed by atoms with Crippen LogP contribution >= 0.6 is 31.9 Å². The van der Waals surface area contributed by atoms with Gasteiger partial charge in [-0.2, -0.15) is 0 Å². The van der Waals surface area contributed by atoms with Crippen molar-refractivity contribution in [1.29, 1.82) is 0 Å². The van der Waals surface area contributed by atoms with Crippen LogP contribution in [-0.4, -0.2) is 5.78 Å². The van der Waals surface area contributed by atoms with Gasteiger partial charge in [0.1, 0.15) is 0 Å². The monoisotopic (exact) mass is 388 g/mol. The number of rotatable bonds is 2. The summed E-state index contributed by atoms with van der Waals surface area (Å²) in [5, 5.41) is 0. The lowest BCUT2D eigenvalue weighted by Gasteiger charge is -2.08. The van der Waals surface area contributed by atoms with Gasteiger partial charge in [-0.1, -0.05) is 37.9 Å². The van der Waals surface area contributed by atoms with E-state index in [0.717, 1.165) is 16.1 Å². The maximum atomic E-state index is 13.6. The van der Waals surface area contributed by atoms with Crippen LogP contribution in [0.1, 0.15) is 21.5 Å². The summed E-state index contributed by atoms with van der Waals surface area (Å²) in [6, 6.07) is 6.89. The van der Waals surface area contributed by atoms with E-state index in [1.807, 2.05) is 6.92 Å². The number of ketones is 1. The molecule has 98 valence electrons. The summed E-state index contributed by atoms with van der Waals surface area (Å²) in [4.78, 5) is 12.2. The Labute approximate surface area is 125 Å². The van der Waals surface area contributed by atoms with E-state index < -0.39 is 17.4 Å². The molecule has 0 radical (unpaired) electrons. The number of carbonyl (C=O) groups excluding carboxylic acids is 1. The van der Waals surface area contributed by atoms with Gasteiger partial charge in [-0.3, -0.25) is 4.79 Å². The Morgan fingerprint density at radius 2 is 1.74 bits per heavy atom. The molecule has 5 heteroatoms. The van der Waals surface area contributed by atoms with Crippen LogP contribution in [0.25, 0.3) is 0 Å². The van der Waals surface area contributed by atoms with Crippen molar-refractivity contribution in [3.63, 3.8) is 0 Å². The fourth-order valence-electron chi connectivity index (χ4n) is 1.64. The second-order valence-corrected chi connectivity index (χ2v) is 5.72. The summed E-state index contributed by atoms with van der Waals surface area (Å²) in [6.45, 7) is 1.87. The third-order valence-corrected chi connectivity index (χ3v) is 4.20. The van der Waals surface area contributed by atoms with Gasteiger partial charge in [0.15, 0.2) is 17.4 Å². The smallest absolute Gasteiger partial charge is 0.197 e. The van der Waals surface area contributed by atoms with Crippen LogP contribution in [0.3, 0.4) is 0 Å². The number of halogens is 4. The van der Waals surface area contributed by atoms with Crippen molar-refractivity contribution in [2.45, 2.75) is 6.92 Å². The highest BCUT2D eigenvalue weighted by molar-refractivity contribution is 9.11. The highest BCUT2D eigenvalue weighted by Gasteiger charge is 2.19. The van der Waals surface area contributed by atoms with Crippen molar-refractivity contribution < 1.29 is 13.6 Å². The van der Waals surface area contributed by atoms with Crippen molar-refractivity contribution in [3.8, 4) is 0 Å². The molecule has 0 saturated carbocycles. The molecule has 0 N–H and O–H groups in total. The van der Waals surface area contributed by atoms with Gasteiger partial charge in [0, 0.05) is 14.5 Å². The van der Waals surface area contributed by atoms with Crippen molar-refractivity contribution >= 4 is 37.6 Å². The van der Waals surface area contributed by atoms with Crippen LogP contribution in [0.15, 0.2) is 39.3 Å². The second kappa shape index (κ2) is 5.51. The molecular weight excluding hydrogens is 382 g/mol. The van der Waals surface area contributed by atoms with Crippen molar-refractivity contribution in [2.24, 2.45) is 0 Å². The zero-order valence-corrected chi connectivity index (χ0v) is 13.0. The van der Waals surface area contributed by atoms with Gasteiger partial charge in [0.05, 0.1) is 5.56 Å². The summed E-state index contributed by atoms with van der Waals surface area (Å²) in [5.74, 6) is -2.73. The van der Waals surface area contributed by atoms with Gasteiger partial charge < -0.3 is 0 Å². The second-order valence-electron chi connectivity index (χ2n) is 4.01. The number of benzene rings is 2. The number of hydrogen-bond acceptors (Lipinski definition) is 1. The summed E-state index contributed by atoms with van der Waals surface area (Å²) in [6.07, 6.45) is 0. The SMILES string of the molecule is Cc1cc(Br)c(C(=O)c2cccc(F)c2F)cc1Br. The molecule has 0 aromatic heterocycles. The van der Waals surface area contributed by atoms with Crippen molar-refractivity contribution in [1.82, 2.24) is 0 Å². The van der Waals surface area contributed by atoms with Crippen LogP contribution in [0.4, 0.5) is 8.78 Å². The van der Waals surface area contributed by atoms with Crippen molar-refractivity contribution in [2.75, 3.05) is 0 Å². The fourth-order valence-corrected chi connectivity index (χ4v) is 2.63. The normalized spacial score (nSPS) is 10.6. The molecule has 0 amide bonds. The Balaban J connectivity index is 2.56. The molecule has 0 saturated heterocycles. The van der Waals surface area contributed by atoms with Crippen molar-refractivity contribution in [3.05, 3.63) is 67.6 Å². The van der Waals surface area contributed by atoms with E-state index in [1.54, 1.807) is 12.1 Å². The van der Waals surface area contributed by atoms with Gasteiger partial charge in [0.25, 0.3) is 0 Å². The summed E-state index contributed by atoms with van der Waals surface area (Å²) < 4.78 is 28.1. The van der Waals surface area contributed by atoms with Gasteiger partial charge in [-0.25, -0.2) is 8.78 Å². The summed E-state index contributed by atoms with van der Waals surface area (Å²) in [5.41, 5.74) is 0.932. The lowest BCUT2D eigenvalue weighted by molar-refractivity contribution is 0.103. The molecule has 0 atom stereocenters. The Hall–Kier alpha value is -1.07. The van der Waals surface area contributed by atoms with E-state index in [9.17, 15) is 13.6 Å². The van der Waals surface area contributed by atoms with Crippen LogP contribution in [-0.2, 0) is 0 Å². The van der Waals surface area contributed by atoms with E-state index in [1.165, 1.54) is 12.1 Å². The lowest BCUT2D eigenvalue weighted by Crippen LogP contribution is -2.07. The number of carbonyl (C=O) groups is 1. The van der Waals surface area contributed by atoms with Crippen LogP contribution < -0.4 is 0 Å². The zero-order valence-electron chi connectivity index (χ0n) is 9.81. The molecule has 19 heavy (non-hydrogen) atoms. The third-order valence-electron chi connectivity index (χ3n) is 2.69. The Kier molecular flexibility index (Phi) is 4.16. The third kappa shape index (κ3) is 2.77. The molecule has 0 heterocycles. The first-order valence-corrected chi connectivity index (χ1v) is 6.94. The van der Waals surface area contributed by atoms with E-state index in [0.29, 0.717) is 4.47 Å². The molecule has 2 rings (SSSR count). The quantitative estimate of drug-likeness (QED) is 0.658. The molecule has 2 aromatic carbocycles. The highest BCUT2D eigenvalue weighted by atomic mass is 79.9. The average molecular weight is 390 g/mol. The minimum Gasteiger partial charge on any atom is -0.288 e. The largest absolute Gasteiger partial charge is 0.288 e. The average Bonchev–Trinajstić information content (AvgIpc) is 2.36. The Morgan fingerprint density at radius 3 is 2.42 bits per heavy atom. The minimum absolute atomic E-state index is 0.280. The Bertz CT molecular complexity index is 669. The minimum atomic E-state index is -1.13. The lowest BCUT2D eigenvalue weighted by atomic mass is 10.0. The van der Waals surface area contributed by atoms with E-state index in [2.05, 4.69) is 31.9 Å². The van der Waals surface area contributed by atoms with E-state index in [-0.39, 0.29) is 11.1 Å². The van der Waals surface area contributed by atoms with E-state index in [4.69, 9.17) is 0 Å². The fraction of sp³-hybridized carbons (Fsp3) is 0.0714. The molecule has 0 spiro atoms. The summed E-state index contributed by atoms with van der Waals surface area (Å²) >= 11 is 6.58. The molecule has 0 fully saturated rings. The highest BCUT2D eigenvalue weighted by Crippen LogP contribution is 2.28. The Morgan fingerprint density at radius 1 is 1.05 bits per heavy atom. The molecule has 0 aliphatic carbocycles. The molecule has 0 aliphatic rings. The number of aryl methyl sites for hydroxylation is 1. The maximum absolute atomic E-state index is 13.6. The standard InChI is InChI=1S/C14H8Br2F2O/c1-7-5-11(16)9(6-10(7)15)14(19)8-3-2-4-12(17)13(8)18/h2-6H,1H3. The molecule has 0 aliphatic heterocycles. The molecule has 0 bridgehead atoms. The van der Waals surface area contributed by atoms with Gasteiger partial charge in [-0.15, -0.1) is 0 Å². The number of hydrogen-bond donors (Lipinski definition) is 0. The molecule has 0 unspecified atom stereocenters. The summed E-state index contributed by atoms with van der Waals surface area (Å²) in [7, 11) is 0. The maximum Gasteiger partial charge on any atom is 0.197 e. The predicted molar refractivity (Wildman–Crippen MR) is 76.4 cm³/mol. The van der Waals surface area contributed by atoms with Crippen LogP contribution in [0, 0.1) is 18.6 Å². The molecule has 1 nitrogen and oxygen atoms in total. The molecule has 2 aromatic rings. The topological polar surface area (TPSA) is 17.1 Å². The van der Waals surface area contributed by atoms with E-state index >= 15 is 0 Å². The molecular formula is C14H8Br2F2O. The first-order chi connectivity index (χ1) is 8.91. The van der Waals surface area contributed by atoms with Gasteiger partial charge in [-0.05, 0) is 36.8 Å². The van der Waals surface area contributed by atoms with Gasteiger partial charge >= 0.3 is 0 Å². The van der Waals surface area contributed by atoms with Gasteiger partial charge in [0.2, 0.25) is 0 Å². The zero-order chi connectivity index (χ0) is 14.2. The van der Waals surface area contributed by atoms with Crippen LogP contribution in [0.5, 0.6) is 0 Å². The van der Waals surface area contributed by atoms with Crippen LogP contribution in [0.2, 0.25) is 0 Å². The first kappa shape index (κ1) is 14.3. The first-order valence-electron chi connectivity index (χ1n) is 5.36.